The summed E-state index contributed by atoms with van der Waals surface area (Å²) in [6.07, 6.45) is 3.90. The molecule has 0 N–H and O–H groups in total. The van der Waals surface area contributed by atoms with Crippen LogP contribution in [0, 0.1) is 17.1 Å². The van der Waals surface area contributed by atoms with Gasteiger partial charge in [-0.05, 0) is 35.7 Å². The molecule has 1 aromatic heterocycles. The first-order valence-electron chi connectivity index (χ1n) is 5.86. The maximum absolute atomic E-state index is 13.6. The van der Waals surface area contributed by atoms with E-state index in [2.05, 4.69) is 11.1 Å². The number of benzene rings is 1. The van der Waals surface area contributed by atoms with Crippen molar-refractivity contribution in [1.29, 1.82) is 5.26 Å². The van der Waals surface area contributed by atoms with Gasteiger partial charge in [-0.15, -0.1) is 0 Å². The number of aromatic nitrogens is 1. The smallest absolute Gasteiger partial charge is 0.165 e. The van der Waals surface area contributed by atoms with Gasteiger partial charge in [0.05, 0.1) is 19.1 Å². The molecule has 0 saturated heterocycles. The molecule has 2 rings (SSSR count). The topological polar surface area (TPSA) is 45.9 Å². The van der Waals surface area contributed by atoms with Crippen molar-refractivity contribution in [3.05, 3.63) is 59.7 Å². The summed E-state index contributed by atoms with van der Waals surface area (Å²) < 4.78 is 18.5. The molecule has 1 atom stereocenters. The third kappa shape index (κ3) is 3.08. The van der Waals surface area contributed by atoms with Crippen LogP contribution in [-0.4, -0.2) is 12.1 Å². The summed E-state index contributed by atoms with van der Waals surface area (Å²) in [7, 11) is 1.41. The number of rotatable bonds is 4. The highest BCUT2D eigenvalue weighted by Gasteiger charge is 2.14. The first-order valence-corrected chi connectivity index (χ1v) is 5.86. The third-order valence-corrected chi connectivity index (χ3v) is 2.90. The molecule has 0 spiro atoms. The normalized spacial score (nSPS) is 11.6. The molecule has 19 heavy (non-hydrogen) atoms. The van der Waals surface area contributed by atoms with Crippen LogP contribution in [0.2, 0.25) is 0 Å². The third-order valence-electron chi connectivity index (χ3n) is 2.90. The van der Waals surface area contributed by atoms with E-state index in [1.807, 2.05) is 12.1 Å². The van der Waals surface area contributed by atoms with Gasteiger partial charge in [0, 0.05) is 12.4 Å². The van der Waals surface area contributed by atoms with Gasteiger partial charge in [-0.2, -0.15) is 5.26 Å². The van der Waals surface area contributed by atoms with Crippen molar-refractivity contribution in [3.8, 4) is 11.8 Å². The van der Waals surface area contributed by atoms with Crippen molar-refractivity contribution in [2.24, 2.45) is 0 Å². The lowest BCUT2D eigenvalue weighted by Gasteiger charge is -2.10. The van der Waals surface area contributed by atoms with E-state index in [1.165, 1.54) is 19.2 Å². The number of nitriles is 1. The second-order valence-electron chi connectivity index (χ2n) is 4.14. The monoisotopic (exact) mass is 256 g/mol. The molecule has 1 unspecified atom stereocenters. The molecule has 0 amide bonds. The van der Waals surface area contributed by atoms with Gasteiger partial charge in [0.15, 0.2) is 11.6 Å². The molecule has 96 valence electrons. The van der Waals surface area contributed by atoms with E-state index in [0.717, 1.165) is 5.56 Å². The van der Waals surface area contributed by atoms with E-state index in [-0.39, 0.29) is 5.75 Å². The fourth-order valence-corrected chi connectivity index (χ4v) is 1.89. The Kier molecular flexibility index (Phi) is 4.09. The summed E-state index contributed by atoms with van der Waals surface area (Å²) in [5, 5.41) is 9.23. The van der Waals surface area contributed by atoms with E-state index in [4.69, 9.17) is 4.74 Å². The summed E-state index contributed by atoms with van der Waals surface area (Å²) in [6.45, 7) is 0. The average Bonchev–Trinajstić information content (AvgIpc) is 2.46. The lowest BCUT2D eigenvalue weighted by atomic mass is 9.94. The SMILES string of the molecule is COc1ccc(C(C#N)Cc2cccnc2)cc1F. The maximum Gasteiger partial charge on any atom is 0.165 e. The first-order chi connectivity index (χ1) is 9.24. The van der Waals surface area contributed by atoms with Crippen LogP contribution in [0.1, 0.15) is 17.0 Å². The molecule has 0 bridgehead atoms. The molecule has 4 heteroatoms. The number of ether oxygens (including phenoxy) is 1. The average molecular weight is 256 g/mol. The Morgan fingerprint density at radius 3 is 2.84 bits per heavy atom. The molecule has 0 fully saturated rings. The van der Waals surface area contributed by atoms with Crippen molar-refractivity contribution in [1.82, 2.24) is 4.98 Å². The number of pyridine rings is 1. The van der Waals surface area contributed by atoms with Gasteiger partial charge in [-0.1, -0.05) is 12.1 Å². The molecule has 2 aromatic rings. The zero-order chi connectivity index (χ0) is 13.7. The van der Waals surface area contributed by atoms with Crippen LogP contribution in [-0.2, 0) is 6.42 Å². The lowest BCUT2D eigenvalue weighted by Crippen LogP contribution is -2.02. The van der Waals surface area contributed by atoms with E-state index < -0.39 is 11.7 Å². The Morgan fingerprint density at radius 1 is 1.42 bits per heavy atom. The Hall–Kier alpha value is -2.41. The molecular weight excluding hydrogens is 243 g/mol. The molecular formula is C15H13FN2O. The minimum Gasteiger partial charge on any atom is -0.494 e. The molecule has 1 heterocycles. The number of nitrogens with zero attached hydrogens (tertiary/aromatic N) is 2. The van der Waals surface area contributed by atoms with Crippen LogP contribution < -0.4 is 4.74 Å². The predicted octanol–water partition coefficient (Wildman–Crippen LogP) is 3.08. The highest BCUT2D eigenvalue weighted by molar-refractivity contribution is 5.34. The fourth-order valence-electron chi connectivity index (χ4n) is 1.89. The molecule has 0 aliphatic rings. The Labute approximate surface area is 111 Å². The molecule has 0 radical (unpaired) electrons. The molecule has 0 aliphatic heterocycles. The van der Waals surface area contributed by atoms with Crippen LogP contribution in [0.15, 0.2) is 42.7 Å². The van der Waals surface area contributed by atoms with Crippen molar-refractivity contribution in [3.63, 3.8) is 0 Å². The Bertz CT molecular complexity index is 593. The van der Waals surface area contributed by atoms with Gasteiger partial charge in [0.25, 0.3) is 0 Å². The number of halogens is 1. The van der Waals surface area contributed by atoms with Gasteiger partial charge in [0.2, 0.25) is 0 Å². The number of methoxy groups -OCH3 is 1. The van der Waals surface area contributed by atoms with Crippen molar-refractivity contribution in [2.45, 2.75) is 12.3 Å². The van der Waals surface area contributed by atoms with Gasteiger partial charge in [0.1, 0.15) is 0 Å². The summed E-state index contributed by atoms with van der Waals surface area (Å²) >= 11 is 0. The summed E-state index contributed by atoms with van der Waals surface area (Å²) in [4.78, 5) is 4.01. The maximum atomic E-state index is 13.6. The van der Waals surface area contributed by atoms with Crippen molar-refractivity contribution >= 4 is 0 Å². The molecule has 3 nitrogen and oxygen atoms in total. The van der Waals surface area contributed by atoms with Crippen LogP contribution in [0.4, 0.5) is 4.39 Å². The zero-order valence-corrected chi connectivity index (χ0v) is 10.5. The Balaban J connectivity index is 2.23. The van der Waals surface area contributed by atoms with E-state index in [1.54, 1.807) is 18.5 Å². The largest absolute Gasteiger partial charge is 0.494 e. The zero-order valence-electron chi connectivity index (χ0n) is 10.5. The number of hydrogen-bond acceptors (Lipinski definition) is 3. The predicted molar refractivity (Wildman–Crippen MR) is 69.2 cm³/mol. The summed E-state index contributed by atoms with van der Waals surface area (Å²) in [5.41, 5.74) is 1.59. The minimum atomic E-state index is -0.452. The minimum absolute atomic E-state index is 0.182. The van der Waals surface area contributed by atoms with Crippen molar-refractivity contribution < 1.29 is 9.13 Å². The van der Waals surface area contributed by atoms with E-state index in [0.29, 0.717) is 12.0 Å². The van der Waals surface area contributed by atoms with Crippen molar-refractivity contribution in [2.75, 3.05) is 7.11 Å². The highest BCUT2D eigenvalue weighted by atomic mass is 19.1. The van der Waals surface area contributed by atoms with Gasteiger partial charge < -0.3 is 4.74 Å². The second kappa shape index (κ2) is 5.96. The standard InChI is InChI=1S/C15H13FN2O/c1-19-15-5-4-12(8-14(15)16)13(9-17)7-11-3-2-6-18-10-11/h2-6,8,10,13H,7H2,1H3. The van der Waals surface area contributed by atoms with E-state index >= 15 is 0 Å². The summed E-state index contributed by atoms with van der Waals surface area (Å²) in [6, 6.07) is 10.5. The quantitative estimate of drug-likeness (QED) is 0.844. The molecule has 1 aromatic carbocycles. The highest BCUT2D eigenvalue weighted by Crippen LogP contribution is 2.25. The molecule has 0 saturated carbocycles. The lowest BCUT2D eigenvalue weighted by molar-refractivity contribution is 0.386. The van der Waals surface area contributed by atoms with Gasteiger partial charge >= 0.3 is 0 Å². The van der Waals surface area contributed by atoms with Crippen LogP contribution in [0.5, 0.6) is 5.75 Å². The van der Waals surface area contributed by atoms with E-state index in [9.17, 15) is 9.65 Å². The van der Waals surface area contributed by atoms with Crippen LogP contribution >= 0.6 is 0 Å². The van der Waals surface area contributed by atoms with Crippen LogP contribution in [0.3, 0.4) is 0 Å². The first kappa shape index (κ1) is 13.0. The molecule has 0 aliphatic carbocycles. The fraction of sp³-hybridized carbons (Fsp3) is 0.200. The summed E-state index contributed by atoms with van der Waals surface area (Å²) in [5.74, 6) is -0.669. The van der Waals surface area contributed by atoms with Gasteiger partial charge in [-0.25, -0.2) is 4.39 Å². The second-order valence-corrected chi connectivity index (χ2v) is 4.14. The number of hydrogen-bond donors (Lipinski definition) is 0. The van der Waals surface area contributed by atoms with Crippen LogP contribution in [0.25, 0.3) is 0 Å². The Morgan fingerprint density at radius 2 is 2.26 bits per heavy atom. The van der Waals surface area contributed by atoms with Gasteiger partial charge in [-0.3, -0.25) is 4.98 Å².